The van der Waals surface area contributed by atoms with Gasteiger partial charge in [-0.2, -0.15) is 12.7 Å². The van der Waals surface area contributed by atoms with Crippen LogP contribution in [0, 0.1) is 12.7 Å². The number of rotatable bonds is 11. The lowest BCUT2D eigenvalue weighted by atomic mass is 10.1. The maximum absolute atomic E-state index is 14.6. The number of hydrogen-bond acceptors (Lipinski definition) is 4. The molecule has 0 bridgehead atoms. The summed E-state index contributed by atoms with van der Waals surface area (Å²) in [6.45, 7) is 6.72. The summed E-state index contributed by atoms with van der Waals surface area (Å²) in [6.07, 6.45) is 0.715. The maximum atomic E-state index is 14.6. The molecule has 0 unspecified atom stereocenters. The van der Waals surface area contributed by atoms with Gasteiger partial charge in [-0.25, -0.2) is 8.70 Å². The van der Waals surface area contributed by atoms with E-state index in [2.05, 4.69) is 5.32 Å². The minimum absolute atomic E-state index is 0.0860. The molecule has 2 amide bonds. The van der Waals surface area contributed by atoms with Crippen molar-refractivity contribution in [3.63, 3.8) is 0 Å². The van der Waals surface area contributed by atoms with Crippen molar-refractivity contribution in [2.45, 2.75) is 52.7 Å². The van der Waals surface area contributed by atoms with Gasteiger partial charge in [0, 0.05) is 26.7 Å². The first-order valence-corrected chi connectivity index (χ1v) is 12.9. The average molecular weight is 507 g/mol. The zero-order valence-electron chi connectivity index (χ0n) is 21.2. The third-order valence-corrected chi connectivity index (χ3v) is 7.55. The van der Waals surface area contributed by atoms with Crippen molar-refractivity contribution in [1.82, 2.24) is 14.5 Å². The Morgan fingerprint density at radius 1 is 1.06 bits per heavy atom. The molecule has 2 rings (SSSR count). The number of nitrogens with zero attached hydrogens (tertiary/aromatic N) is 3. The summed E-state index contributed by atoms with van der Waals surface area (Å²) in [5.74, 6) is -1.77. The first-order valence-electron chi connectivity index (χ1n) is 11.5. The second kappa shape index (κ2) is 12.1. The van der Waals surface area contributed by atoms with Crippen LogP contribution in [0.2, 0.25) is 0 Å². The highest BCUT2D eigenvalue weighted by Gasteiger charge is 2.33. The summed E-state index contributed by atoms with van der Waals surface area (Å²) in [4.78, 5) is 27.8. The van der Waals surface area contributed by atoms with Crippen LogP contribution >= 0.6 is 0 Å². The van der Waals surface area contributed by atoms with E-state index in [9.17, 15) is 22.4 Å². The molecule has 2 aromatic rings. The topological polar surface area (TPSA) is 90.0 Å². The molecule has 0 saturated heterocycles. The number of halogens is 1. The summed E-state index contributed by atoms with van der Waals surface area (Å²) in [7, 11) is -1.60. The zero-order valence-corrected chi connectivity index (χ0v) is 22.0. The molecular formula is C25H35FN4O4S. The van der Waals surface area contributed by atoms with Gasteiger partial charge in [-0.3, -0.25) is 9.59 Å². The van der Waals surface area contributed by atoms with Gasteiger partial charge in [0.15, 0.2) is 0 Å². The molecule has 0 saturated carbocycles. The average Bonchev–Trinajstić information content (AvgIpc) is 2.80. The molecule has 2 aromatic carbocycles. The Morgan fingerprint density at radius 3 is 2.29 bits per heavy atom. The van der Waals surface area contributed by atoms with E-state index in [1.165, 1.54) is 37.2 Å². The van der Waals surface area contributed by atoms with E-state index in [0.717, 1.165) is 25.8 Å². The monoisotopic (exact) mass is 506 g/mol. The van der Waals surface area contributed by atoms with Gasteiger partial charge in [0.25, 0.3) is 0 Å². The highest BCUT2D eigenvalue weighted by atomic mass is 32.2. The molecule has 1 N–H and O–H groups in total. The van der Waals surface area contributed by atoms with Crippen LogP contribution in [0.5, 0.6) is 0 Å². The van der Waals surface area contributed by atoms with Gasteiger partial charge < -0.3 is 10.2 Å². The van der Waals surface area contributed by atoms with Crippen LogP contribution in [0.3, 0.4) is 0 Å². The van der Waals surface area contributed by atoms with Gasteiger partial charge in [0.1, 0.15) is 18.4 Å². The van der Waals surface area contributed by atoms with Crippen molar-refractivity contribution in [2.24, 2.45) is 0 Å². The fraction of sp³-hybridized carbons (Fsp3) is 0.440. The number of nitrogens with one attached hydrogen (secondary N) is 1. The summed E-state index contributed by atoms with van der Waals surface area (Å²) < 4.78 is 42.4. The molecule has 0 aromatic heterocycles. The third kappa shape index (κ3) is 7.25. The van der Waals surface area contributed by atoms with Crippen molar-refractivity contribution in [1.29, 1.82) is 0 Å². The Morgan fingerprint density at radius 2 is 1.71 bits per heavy atom. The minimum atomic E-state index is -4.21. The van der Waals surface area contributed by atoms with Gasteiger partial charge >= 0.3 is 10.2 Å². The van der Waals surface area contributed by atoms with Crippen LogP contribution in [0.4, 0.5) is 10.1 Å². The molecular weight excluding hydrogens is 471 g/mol. The highest BCUT2D eigenvalue weighted by molar-refractivity contribution is 7.90. The quantitative estimate of drug-likeness (QED) is 0.507. The SMILES string of the molecule is CC[C@H](C)NC(=O)[C@@H](C)N(Cc1cccc(C)c1)C(=O)CN(c1ccccc1F)S(=O)(=O)N(C)C. The van der Waals surface area contributed by atoms with Crippen molar-refractivity contribution in [3.8, 4) is 0 Å². The first-order chi connectivity index (χ1) is 16.4. The minimum Gasteiger partial charge on any atom is -0.352 e. The Kier molecular flexibility index (Phi) is 9.79. The zero-order chi connectivity index (χ0) is 26.3. The normalized spacial score (nSPS) is 13.3. The standard InChI is InChI=1S/C25H35FN4O4S/c1-7-19(3)27-25(32)20(4)29(16-21-12-10-11-18(2)15-21)24(31)17-30(35(33,34)28(5)6)23-14-9-8-13-22(23)26/h8-15,19-20H,7,16-17H2,1-6H3,(H,27,32)/t19-,20+/m0/s1. The van der Waals surface area contributed by atoms with Crippen molar-refractivity contribution in [2.75, 3.05) is 24.9 Å². The number of hydrogen-bond donors (Lipinski definition) is 1. The molecule has 0 aliphatic rings. The second-order valence-corrected chi connectivity index (χ2v) is 10.8. The van der Waals surface area contributed by atoms with Gasteiger partial charge in [-0.15, -0.1) is 0 Å². The van der Waals surface area contributed by atoms with Gasteiger partial charge in [0.2, 0.25) is 11.8 Å². The Hall–Kier alpha value is -2.98. The molecule has 8 nitrogen and oxygen atoms in total. The van der Waals surface area contributed by atoms with Crippen molar-refractivity contribution < 1.29 is 22.4 Å². The Bertz CT molecular complexity index is 1140. The second-order valence-electron chi connectivity index (χ2n) is 8.75. The first kappa shape index (κ1) is 28.3. The molecule has 0 aliphatic carbocycles. The van der Waals surface area contributed by atoms with E-state index in [4.69, 9.17) is 0 Å². The maximum Gasteiger partial charge on any atom is 0.304 e. The lowest BCUT2D eigenvalue weighted by Gasteiger charge is -2.33. The Balaban J connectivity index is 2.47. The van der Waals surface area contributed by atoms with Crippen molar-refractivity contribution >= 4 is 27.7 Å². The number of amides is 2. The predicted molar refractivity (Wildman–Crippen MR) is 135 cm³/mol. The van der Waals surface area contributed by atoms with Crippen LogP contribution in [0.1, 0.15) is 38.3 Å². The van der Waals surface area contributed by atoms with Gasteiger partial charge in [0.05, 0.1) is 5.69 Å². The summed E-state index contributed by atoms with van der Waals surface area (Å²) in [5, 5.41) is 2.87. The van der Waals surface area contributed by atoms with Gasteiger partial charge in [-0.05, 0) is 44.9 Å². The number of carbonyl (C=O) groups is 2. The Labute approximate surface area is 207 Å². The van der Waals surface area contributed by atoms with Crippen LogP contribution < -0.4 is 9.62 Å². The number of carbonyl (C=O) groups excluding carboxylic acids is 2. The van der Waals surface area contributed by atoms with Crippen LogP contribution in [0.15, 0.2) is 48.5 Å². The van der Waals surface area contributed by atoms with Crippen LogP contribution in [0.25, 0.3) is 0 Å². The van der Waals surface area contributed by atoms with E-state index in [-0.39, 0.29) is 24.2 Å². The van der Waals surface area contributed by atoms with Gasteiger partial charge in [-0.1, -0.05) is 48.9 Å². The largest absolute Gasteiger partial charge is 0.352 e. The fourth-order valence-corrected chi connectivity index (χ4v) is 4.48. The smallest absolute Gasteiger partial charge is 0.304 e. The number of benzene rings is 2. The van der Waals surface area contributed by atoms with E-state index in [1.807, 2.05) is 45.0 Å². The lowest BCUT2D eigenvalue weighted by molar-refractivity contribution is -0.139. The molecule has 2 atom stereocenters. The fourth-order valence-electron chi connectivity index (χ4n) is 3.41. The molecule has 0 aliphatic heterocycles. The lowest BCUT2D eigenvalue weighted by Crippen LogP contribution is -2.53. The van der Waals surface area contributed by atoms with Crippen LogP contribution in [-0.4, -0.2) is 62.2 Å². The molecule has 0 fully saturated rings. The molecule has 0 radical (unpaired) electrons. The number of anilines is 1. The molecule has 35 heavy (non-hydrogen) atoms. The molecule has 192 valence electrons. The van der Waals surface area contributed by atoms with Crippen molar-refractivity contribution in [3.05, 3.63) is 65.5 Å². The number of aryl methyl sites for hydroxylation is 1. The molecule has 0 spiro atoms. The van der Waals surface area contributed by atoms with Crippen LogP contribution in [-0.2, 0) is 26.3 Å². The summed E-state index contributed by atoms with van der Waals surface area (Å²) >= 11 is 0. The summed E-state index contributed by atoms with van der Waals surface area (Å²) in [6, 6.07) is 11.9. The molecule has 10 heteroatoms. The van der Waals surface area contributed by atoms with E-state index >= 15 is 0 Å². The summed E-state index contributed by atoms with van der Waals surface area (Å²) in [5.41, 5.74) is 1.52. The highest BCUT2D eigenvalue weighted by Crippen LogP contribution is 2.24. The molecule has 0 heterocycles. The van der Waals surface area contributed by atoms with E-state index in [0.29, 0.717) is 6.42 Å². The van der Waals surface area contributed by atoms with E-state index in [1.54, 1.807) is 6.92 Å². The van der Waals surface area contributed by atoms with E-state index < -0.39 is 34.5 Å². The number of para-hydroxylation sites is 1. The predicted octanol–water partition coefficient (Wildman–Crippen LogP) is 3.08. The third-order valence-electron chi connectivity index (χ3n) is 5.74.